The molecule has 4 aromatic rings. The first-order valence-electron chi connectivity index (χ1n) is 15.6. The maximum absolute atomic E-state index is 11.6. The highest BCUT2D eigenvalue weighted by Crippen LogP contribution is 2.25. The van der Waals surface area contributed by atoms with Crippen LogP contribution in [0.25, 0.3) is 10.9 Å². The Hall–Kier alpha value is -3.87. The third-order valence-electron chi connectivity index (χ3n) is 8.35. The van der Waals surface area contributed by atoms with Gasteiger partial charge in [-0.2, -0.15) is 8.42 Å². The topological polar surface area (TPSA) is 127 Å². The summed E-state index contributed by atoms with van der Waals surface area (Å²) in [6, 6.07) is 26.0. The lowest BCUT2D eigenvalue weighted by Crippen LogP contribution is -2.45. The maximum atomic E-state index is 11.6. The van der Waals surface area contributed by atoms with Crippen LogP contribution in [0, 0.1) is 0 Å². The number of aliphatic hydroxyl groups excluding tert-OH is 1. The predicted molar refractivity (Wildman–Crippen MR) is 182 cm³/mol. The Morgan fingerprint density at radius 1 is 0.935 bits per heavy atom. The first-order chi connectivity index (χ1) is 22.0. The molecule has 0 spiro atoms. The SMILES string of the molecule is CN1CCN(CCc2cc3cc(C(=O)O)ccc3n2CCC(C)(C)NCC(O)c2cccc(N=S(=O)=O)c2)CC1.c1ccccc1. The summed E-state index contributed by atoms with van der Waals surface area (Å²) < 4.78 is 27.6. The van der Waals surface area contributed by atoms with Crippen LogP contribution in [-0.4, -0.2) is 90.8 Å². The van der Waals surface area contributed by atoms with Gasteiger partial charge in [-0.25, -0.2) is 4.79 Å². The van der Waals surface area contributed by atoms with E-state index in [4.69, 9.17) is 0 Å². The quantitative estimate of drug-likeness (QED) is 0.196. The lowest BCUT2D eigenvalue weighted by Gasteiger charge is -2.32. The molecule has 5 rings (SSSR count). The van der Waals surface area contributed by atoms with Crippen LogP contribution < -0.4 is 5.32 Å². The maximum Gasteiger partial charge on any atom is 0.335 e. The lowest BCUT2D eigenvalue weighted by molar-refractivity contribution is 0.0697. The Morgan fingerprint density at radius 3 is 2.24 bits per heavy atom. The molecule has 1 fully saturated rings. The van der Waals surface area contributed by atoms with Gasteiger partial charge in [0.15, 0.2) is 0 Å². The van der Waals surface area contributed by atoms with Crippen molar-refractivity contribution in [1.29, 1.82) is 0 Å². The number of hydrogen-bond donors (Lipinski definition) is 3. The highest BCUT2D eigenvalue weighted by molar-refractivity contribution is 7.61. The molecule has 0 amide bonds. The Labute approximate surface area is 273 Å². The Bertz CT molecular complexity index is 1680. The second-order valence-electron chi connectivity index (χ2n) is 12.3. The molecule has 1 unspecified atom stereocenters. The summed E-state index contributed by atoms with van der Waals surface area (Å²) >= 11 is 0. The molecule has 0 saturated carbocycles. The van der Waals surface area contributed by atoms with Crippen molar-refractivity contribution in [3.8, 4) is 0 Å². The van der Waals surface area contributed by atoms with Crippen LogP contribution in [-0.2, 0) is 23.5 Å². The minimum absolute atomic E-state index is 0.277. The first-order valence-corrected chi connectivity index (χ1v) is 16.6. The number of benzene rings is 3. The zero-order chi connectivity index (χ0) is 33.1. The molecule has 0 aliphatic carbocycles. The van der Waals surface area contributed by atoms with Gasteiger partial charge in [0, 0.05) is 74.4 Å². The van der Waals surface area contributed by atoms with Crippen LogP contribution in [0.15, 0.2) is 89.3 Å². The summed E-state index contributed by atoms with van der Waals surface area (Å²) in [4.78, 5) is 16.4. The predicted octanol–water partition coefficient (Wildman–Crippen LogP) is 5.00. The number of carbonyl (C=O) groups is 1. The molecule has 0 bridgehead atoms. The number of aliphatic hydroxyl groups is 1. The molecule has 1 saturated heterocycles. The van der Waals surface area contributed by atoms with Crippen molar-refractivity contribution in [2.45, 2.75) is 44.9 Å². The third-order valence-corrected chi connectivity index (χ3v) is 8.71. The van der Waals surface area contributed by atoms with Crippen molar-refractivity contribution in [2.24, 2.45) is 4.36 Å². The summed E-state index contributed by atoms with van der Waals surface area (Å²) in [5, 5.41) is 24.6. The van der Waals surface area contributed by atoms with Gasteiger partial charge in [0.2, 0.25) is 0 Å². The van der Waals surface area contributed by atoms with E-state index in [-0.39, 0.29) is 16.8 Å². The first kappa shape index (κ1) is 35.0. The molecule has 10 nitrogen and oxygen atoms in total. The van der Waals surface area contributed by atoms with Gasteiger partial charge in [0.25, 0.3) is 0 Å². The van der Waals surface area contributed by atoms with Gasteiger partial charge in [-0.05, 0) is 69.3 Å². The smallest absolute Gasteiger partial charge is 0.335 e. The number of aromatic nitrogens is 1. The molecular weight excluding hydrogens is 602 g/mol. The summed E-state index contributed by atoms with van der Waals surface area (Å²) in [6.07, 6.45) is 0.828. The molecule has 1 aliphatic rings. The van der Waals surface area contributed by atoms with E-state index in [1.807, 2.05) is 42.5 Å². The van der Waals surface area contributed by atoms with Crippen LogP contribution in [0.1, 0.15) is 48.0 Å². The molecule has 3 N–H and O–H groups in total. The van der Waals surface area contributed by atoms with E-state index < -0.39 is 22.6 Å². The summed E-state index contributed by atoms with van der Waals surface area (Å²) in [5.74, 6) is -0.932. The van der Waals surface area contributed by atoms with Crippen molar-refractivity contribution in [3.05, 3.63) is 102 Å². The number of aromatic carboxylic acids is 1. The number of nitrogens with one attached hydrogen (secondary N) is 1. The van der Waals surface area contributed by atoms with Gasteiger partial charge in [0.05, 0.1) is 17.4 Å². The summed E-state index contributed by atoms with van der Waals surface area (Å²) in [7, 11) is -0.404. The average molecular weight is 648 g/mol. The fraction of sp³-hybridized carbons (Fsp3) is 0.400. The summed E-state index contributed by atoms with van der Waals surface area (Å²) in [5.41, 5.74) is 3.04. The Morgan fingerprint density at radius 2 is 1.61 bits per heavy atom. The standard InChI is InChI=1S/C29H39N5O5S.C6H6/c1-29(2,30-20-27(35)21-5-4-6-24(18-21)31-40(38)39)10-12-34-25(9-11-33-15-13-32(3)14-16-33)19-23-17-22(28(36)37)7-8-26(23)34;1-2-4-6-5-3-1/h4-8,17-19,27,30,35H,9-16,20H2,1-3H3,(H,36,37);1-6H. The Kier molecular flexibility index (Phi) is 12.6. The van der Waals surface area contributed by atoms with E-state index in [2.05, 4.69) is 51.0 Å². The van der Waals surface area contributed by atoms with Crippen LogP contribution in [0.3, 0.4) is 0 Å². The lowest BCUT2D eigenvalue weighted by atomic mass is 9.99. The molecule has 1 aromatic heterocycles. The van der Waals surface area contributed by atoms with Crippen molar-refractivity contribution >= 4 is 33.1 Å². The molecule has 3 aromatic carbocycles. The van der Waals surface area contributed by atoms with E-state index in [1.165, 1.54) is 5.69 Å². The molecule has 0 radical (unpaired) electrons. The van der Waals surface area contributed by atoms with Crippen molar-refractivity contribution in [2.75, 3.05) is 46.3 Å². The number of carboxylic acids is 1. The zero-order valence-corrected chi connectivity index (χ0v) is 27.7. The number of aryl methyl sites for hydroxylation is 1. The van der Waals surface area contributed by atoms with Gasteiger partial charge < -0.3 is 29.9 Å². The molecule has 11 heteroatoms. The monoisotopic (exact) mass is 647 g/mol. The van der Waals surface area contributed by atoms with E-state index in [1.54, 1.807) is 36.4 Å². The van der Waals surface area contributed by atoms with Crippen LogP contribution >= 0.6 is 0 Å². The van der Waals surface area contributed by atoms with E-state index in [0.29, 0.717) is 12.1 Å². The largest absolute Gasteiger partial charge is 0.478 e. The van der Waals surface area contributed by atoms with Gasteiger partial charge in [-0.15, -0.1) is 4.36 Å². The summed E-state index contributed by atoms with van der Waals surface area (Å²) in [6.45, 7) is 10.4. The number of nitrogens with zero attached hydrogens (tertiary/aromatic N) is 4. The number of β-amino-alcohol motifs (C(OH)–C–C–N with tert-alkyl or cyclic N) is 1. The number of carboxylic acid groups (broad SMARTS) is 1. The molecule has 246 valence electrons. The highest BCUT2D eigenvalue weighted by atomic mass is 32.2. The fourth-order valence-corrected chi connectivity index (χ4v) is 5.79. The van der Waals surface area contributed by atoms with Crippen LogP contribution in [0.4, 0.5) is 5.69 Å². The van der Waals surface area contributed by atoms with Gasteiger partial charge >= 0.3 is 16.5 Å². The third kappa shape index (κ3) is 10.6. The van der Waals surface area contributed by atoms with Crippen molar-refractivity contribution in [3.63, 3.8) is 0 Å². The fourth-order valence-electron chi connectivity index (χ4n) is 5.51. The zero-order valence-electron chi connectivity index (χ0n) is 26.8. The molecule has 1 atom stereocenters. The molecule has 1 aliphatic heterocycles. The highest BCUT2D eigenvalue weighted by Gasteiger charge is 2.22. The minimum atomic E-state index is -2.55. The van der Waals surface area contributed by atoms with E-state index in [0.717, 1.165) is 63.0 Å². The molecule has 2 heterocycles. The molecular formula is C35H45N5O5S. The van der Waals surface area contributed by atoms with E-state index in [9.17, 15) is 23.4 Å². The average Bonchev–Trinajstić information content (AvgIpc) is 3.40. The van der Waals surface area contributed by atoms with Gasteiger partial charge in [0.1, 0.15) is 0 Å². The number of piperazine rings is 1. The van der Waals surface area contributed by atoms with Crippen LogP contribution in [0.2, 0.25) is 0 Å². The number of hydrogen-bond acceptors (Lipinski definition) is 8. The van der Waals surface area contributed by atoms with Crippen molar-refractivity contribution in [1.82, 2.24) is 19.7 Å². The molecule has 46 heavy (non-hydrogen) atoms. The van der Waals surface area contributed by atoms with Crippen molar-refractivity contribution < 1.29 is 23.4 Å². The number of likely N-dealkylation sites (N-methyl/N-ethyl adjacent to an activating group) is 1. The van der Waals surface area contributed by atoms with E-state index >= 15 is 0 Å². The number of fused-ring (bicyclic) bond motifs is 1. The normalized spacial score (nSPS) is 14.8. The second-order valence-corrected chi connectivity index (χ2v) is 13.0. The Balaban J connectivity index is 0.000000717. The van der Waals surface area contributed by atoms with Gasteiger partial charge in [-0.1, -0.05) is 48.5 Å². The van der Waals surface area contributed by atoms with Crippen LogP contribution in [0.5, 0.6) is 0 Å². The number of rotatable bonds is 12. The minimum Gasteiger partial charge on any atom is -0.478 e. The second kappa shape index (κ2) is 16.6. The van der Waals surface area contributed by atoms with Gasteiger partial charge in [-0.3, -0.25) is 0 Å².